The van der Waals surface area contributed by atoms with Gasteiger partial charge < -0.3 is 21.3 Å². The van der Waals surface area contributed by atoms with Gasteiger partial charge in [-0.3, -0.25) is 14.7 Å². The third-order valence-electron chi connectivity index (χ3n) is 4.68. The lowest BCUT2D eigenvalue weighted by molar-refractivity contribution is -0.149. The Balaban J connectivity index is 1.90. The number of carbonyl (C=O) groups is 3. The first kappa shape index (κ1) is 16.7. The Morgan fingerprint density at radius 1 is 1.50 bits per heavy atom. The Morgan fingerprint density at radius 2 is 2.21 bits per heavy atom. The van der Waals surface area contributed by atoms with E-state index in [0.29, 0.717) is 5.16 Å². The van der Waals surface area contributed by atoms with Gasteiger partial charge in [0.2, 0.25) is 5.91 Å². The van der Waals surface area contributed by atoms with E-state index in [9.17, 15) is 24.6 Å². The number of rotatable bonds is 6. The van der Waals surface area contributed by atoms with E-state index in [4.69, 9.17) is 5.73 Å². The summed E-state index contributed by atoms with van der Waals surface area (Å²) in [5.74, 6) is -4.76. The number of aromatic nitrogens is 3. The zero-order valence-corrected chi connectivity index (χ0v) is 13.5. The topological polar surface area (TPSA) is 171 Å². The number of nitrogens with two attached hydrogens (primary N) is 1. The molecule has 0 radical (unpaired) electrons. The second-order valence-corrected chi connectivity index (χ2v) is 7.40. The van der Waals surface area contributed by atoms with Crippen molar-refractivity contribution in [3.63, 3.8) is 0 Å². The highest BCUT2D eigenvalue weighted by atomic mass is 32.2. The molecule has 6 atom stereocenters. The third-order valence-corrected chi connectivity index (χ3v) is 5.88. The average molecular weight is 355 g/mol. The summed E-state index contributed by atoms with van der Waals surface area (Å²) in [6, 6.07) is -0.886. The van der Waals surface area contributed by atoms with E-state index < -0.39 is 41.3 Å². The maximum Gasteiger partial charge on any atom is 0.329 e. The van der Waals surface area contributed by atoms with Crippen LogP contribution in [0.3, 0.4) is 0 Å². The highest BCUT2D eigenvalue weighted by Crippen LogP contribution is 2.65. The SMILES string of the molecule is C[C@H](N)C(=O)N[C@]1(C(=O)O)C[C@H](Sc2ncn[nH]2)[C@@H]2[C@@H](C(=O)O)[C@@H]21. The van der Waals surface area contributed by atoms with Crippen LogP contribution in [0, 0.1) is 17.8 Å². The van der Waals surface area contributed by atoms with Crippen molar-refractivity contribution in [1.82, 2.24) is 20.5 Å². The molecule has 2 aliphatic carbocycles. The minimum atomic E-state index is -1.63. The number of hydrogen-bond donors (Lipinski definition) is 5. The molecule has 1 heterocycles. The molecule has 10 nitrogen and oxygen atoms in total. The lowest BCUT2D eigenvalue weighted by atomic mass is 9.89. The summed E-state index contributed by atoms with van der Waals surface area (Å²) >= 11 is 1.25. The van der Waals surface area contributed by atoms with E-state index in [2.05, 4.69) is 20.5 Å². The molecule has 0 saturated heterocycles. The van der Waals surface area contributed by atoms with Gasteiger partial charge in [0.15, 0.2) is 5.16 Å². The molecule has 0 aliphatic heterocycles. The van der Waals surface area contributed by atoms with Gasteiger partial charge in [0.05, 0.1) is 12.0 Å². The molecule has 1 aromatic heterocycles. The maximum atomic E-state index is 12.0. The fraction of sp³-hybridized carbons (Fsp3) is 0.615. The fourth-order valence-electron chi connectivity index (χ4n) is 3.61. The summed E-state index contributed by atoms with van der Waals surface area (Å²) in [7, 11) is 0. The summed E-state index contributed by atoms with van der Waals surface area (Å²) < 4.78 is 0. The second-order valence-electron chi connectivity index (χ2n) is 6.17. The van der Waals surface area contributed by atoms with Crippen molar-refractivity contribution in [2.45, 2.75) is 35.3 Å². The first-order valence-electron chi connectivity index (χ1n) is 7.33. The van der Waals surface area contributed by atoms with E-state index >= 15 is 0 Å². The molecule has 11 heteroatoms. The second kappa shape index (κ2) is 5.74. The number of aromatic amines is 1. The molecule has 2 aliphatic rings. The largest absolute Gasteiger partial charge is 0.481 e. The van der Waals surface area contributed by atoms with Crippen molar-refractivity contribution in [1.29, 1.82) is 0 Å². The van der Waals surface area contributed by atoms with Crippen LogP contribution in [-0.2, 0) is 14.4 Å². The predicted octanol–water partition coefficient (Wildman–Crippen LogP) is -1.10. The van der Waals surface area contributed by atoms with Gasteiger partial charge in [-0.15, -0.1) is 0 Å². The third kappa shape index (κ3) is 2.53. The lowest BCUT2D eigenvalue weighted by Gasteiger charge is -2.30. The van der Waals surface area contributed by atoms with Gasteiger partial charge in [0.25, 0.3) is 0 Å². The average Bonchev–Trinajstić information content (AvgIpc) is 2.90. The van der Waals surface area contributed by atoms with Gasteiger partial charge in [-0.2, -0.15) is 5.10 Å². The quantitative estimate of drug-likeness (QED) is 0.425. The molecule has 6 N–H and O–H groups in total. The number of carboxylic acids is 2. The number of nitrogens with zero attached hydrogens (tertiary/aromatic N) is 2. The van der Waals surface area contributed by atoms with Gasteiger partial charge in [0.1, 0.15) is 11.9 Å². The van der Waals surface area contributed by atoms with Crippen molar-refractivity contribution in [3.8, 4) is 0 Å². The van der Waals surface area contributed by atoms with Crippen molar-refractivity contribution in [2.24, 2.45) is 23.5 Å². The van der Waals surface area contributed by atoms with Crippen molar-refractivity contribution < 1.29 is 24.6 Å². The normalized spacial score (nSPS) is 35.1. The highest BCUT2D eigenvalue weighted by molar-refractivity contribution is 7.99. The van der Waals surface area contributed by atoms with Crippen LogP contribution in [0.2, 0.25) is 0 Å². The van der Waals surface area contributed by atoms with Crippen LogP contribution in [0.4, 0.5) is 0 Å². The first-order valence-corrected chi connectivity index (χ1v) is 8.21. The van der Waals surface area contributed by atoms with Crippen LogP contribution < -0.4 is 11.1 Å². The Morgan fingerprint density at radius 3 is 2.71 bits per heavy atom. The minimum Gasteiger partial charge on any atom is -0.481 e. The van der Waals surface area contributed by atoms with Crippen LogP contribution >= 0.6 is 11.8 Å². The van der Waals surface area contributed by atoms with Crippen molar-refractivity contribution >= 4 is 29.6 Å². The summed E-state index contributed by atoms with van der Waals surface area (Å²) in [6.07, 6.45) is 1.42. The van der Waals surface area contributed by atoms with E-state index in [1.54, 1.807) is 0 Å². The molecule has 1 aromatic rings. The number of aliphatic carboxylic acids is 2. The molecular weight excluding hydrogens is 338 g/mol. The molecule has 24 heavy (non-hydrogen) atoms. The number of fused-ring (bicyclic) bond motifs is 1. The van der Waals surface area contributed by atoms with Crippen LogP contribution in [0.25, 0.3) is 0 Å². The molecule has 3 rings (SSSR count). The Bertz CT molecular complexity index is 680. The zero-order chi connectivity index (χ0) is 17.6. The molecule has 1 amide bonds. The predicted molar refractivity (Wildman–Crippen MR) is 80.9 cm³/mol. The fourth-order valence-corrected chi connectivity index (χ4v) is 4.95. The number of H-pyrrole nitrogens is 1. The van der Waals surface area contributed by atoms with Gasteiger partial charge >= 0.3 is 11.9 Å². The van der Waals surface area contributed by atoms with Crippen LogP contribution in [0.1, 0.15) is 13.3 Å². The Hall–Kier alpha value is -2.14. The molecular formula is C13H17N5O5S. The summed E-state index contributed by atoms with van der Waals surface area (Å²) in [5.41, 5.74) is 3.89. The number of hydrogen-bond acceptors (Lipinski definition) is 7. The van der Waals surface area contributed by atoms with E-state index in [1.165, 1.54) is 25.0 Å². The summed E-state index contributed by atoms with van der Waals surface area (Å²) in [4.78, 5) is 39.4. The maximum absolute atomic E-state index is 12.0. The molecule has 0 unspecified atom stereocenters. The van der Waals surface area contributed by atoms with E-state index in [-0.39, 0.29) is 17.6 Å². The molecule has 0 bridgehead atoms. The summed E-state index contributed by atoms with van der Waals surface area (Å²) in [6.45, 7) is 1.44. The number of thioether (sulfide) groups is 1. The number of carboxylic acid groups (broad SMARTS) is 2. The van der Waals surface area contributed by atoms with Gasteiger partial charge in [-0.05, 0) is 19.3 Å². The molecule has 0 spiro atoms. The van der Waals surface area contributed by atoms with Gasteiger partial charge in [-0.25, -0.2) is 9.78 Å². The van der Waals surface area contributed by atoms with Gasteiger partial charge in [0, 0.05) is 11.2 Å². The minimum absolute atomic E-state index is 0.102. The van der Waals surface area contributed by atoms with Crippen molar-refractivity contribution in [3.05, 3.63) is 6.33 Å². The standard InChI is InChI=1S/C13H17N5O5S/c1-4(14)9(19)17-13(11(22)23)2-5(24-12-15-3-16-18-12)6-7(8(6)13)10(20)21/h3-8H,2,14H2,1H3,(H,17,19)(H,20,21)(H,22,23)(H,15,16,18)/t4-,5-,6+,7+,8+,13+/m0/s1. The molecule has 130 valence electrons. The van der Waals surface area contributed by atoms with Gasteiger partial charge in [-0.1, -0.05) is 11.8 Å². The number of amides is 1. The monoisotopic (exact) mass is 355 g/mol. The molecule has 2 fully saturated rings. The lowest BCUT2D eigenvalue weighted by Crippen LogP contribution is -2.59. The Labute approximate surface area is 140 Å². The summed E-state index contributed by atoms with van der Waals surface area (Å²) in [5, 5.41) is 28.2. The van der Waals surface area contributed by atoms with E-state index in [0.717, 1.165) is 0 Å². The van der Waals surface area contributed by atoms with Crippen LogP contribution in [-0.4, -0.2) is 60.1 Å². The smallest absolute Gasteiger partial charge is 0.329 e. The van der Waals surface area contributed by atoms with E-state index in [1.807, 2.05) is 0 Å². The van der Waals surface area contributed by atoms with Crippen LogP contribution in [0.15, 0.2) is 11.5 Å². The zero-order valence-electron chi connectivity index (χ0n) is 12.7. The molecule has 2 saturated carbocycles. The first-order chi connectivity index (χ1) is 11.3. The number of carbonyl (C=O) groups excluding carboxylic acids is 1. The highest BCUT2D eigenvalue weighted by Gasteiger charge is 2.75. The molecule has 0 aromatic carbocycles. The Kier molecular flexibility index (Phi) is 4.00. The number of nitrogens with one attached hydrogen (secondary N) is 2. The van der Waals surface area contributed by atoms with Crippen molar-refractivity contribution in [2.75, 3.05) is 0 Å². The van der Waals surface area contributed by atoms with Crippen LogP contribution in [0.5, 0.6) is 0 Å².